The number of rotatable bonds is 5. The van der Waals surface area contributed by atoms with Gasteiger partial charge in [-0.15, -0.1) is 0 Å². The smallest absolute Gasteiger partial charge is 0.184 e. The second-order valence-electron chi connectivity index (χ2n) is 3.11. The van der Waals surface area contributed by atoms with Crippen molar-refractivity contribution >= 4 is 17.4 Å². The highest BCUT2D eigenvalue weighted by Gasteiger charge is 2.16. The maximum atomic E-state index is 13.5. The van der Waals surface area contributed by atoms with Gasteiger partial charge in [-0.2, -0.15) is 0 Å². The fourth-order valence-electron chi connectivity index (χ4n) is 1.23. The number of ether oxygens (including phenoxy) is 2. The van der Waals surface area contributed by atoms with Crippen LogP contribution in [0, 0.1) is 5.82 Å². The molecule has 0 unspecified atom stereocenters. The molecular formula is C11H12ClFO3. The molecule has 0 saturated carbocycles. The largest absolute Gasteiger partial charge is 0.494 e. The van der Waals surface area contributed by atoms with E-state index >= 15 is 0 Å². The number of methoxy groups -OCH3 is 2. The maximum Gasteiger partial charge on any atom is 0.184 e. The van der Waals surface area contributed by atoms with Gasteiger partial charge in [-0.25, -0.2) is 4.39 Å². The summed E-state index contributed by atoms with van der Waals surface area (Å²) < 4.78 is 23.0. The summed E-state index contributed by atoms with van der Waals surface area (Å²) in [5.74, 6) is -0.950. The molecule has 0 amide bonds. The highest BCUT2D eigenvalue weighted by molar-refractivity contribution is 6.34. The topological polar surface area (TPSA) is 35.5 Å². The first-order chi connectivity index (χ1) is 7.61. The number of halogens is 2. The number of hydrogen-bond donors (Lipinski definition) is 0. The van der Waals surface area contributed by atoms with Gasteiger partial charge in [0, 0.05) is 19.1 Å². The Hall–Kier alpha value is -1.13. The molecular weight excluding hydrogens is 235 g/mol. The molecule has 88 valence electrons. The van der Waals surface area contributed by atoms with Gasteiger partial charge in [0.2, 0.25) is 0 Å². The molecule has 0 aliphatic carbocycles. The Balaban J connectivity index is 2.98. The Labute approximate surface area is 98.1 Å². The summed E-state index contributed by atoms with van der Waals surface area (Å²) >= 11 is 5.73. The molecule has 1 aromatic carbocycles. The van der Waals surface area contributed by atoms with Crippen molar-refractivity contribution in [2.75, 3.05) is 20.8 Å². The fourth-order valence-corrected chi connectivity index (χ4v) is 1.50. The summed E-state index contributed by atoms with van der Waals surface area (Å²) in [7, 11) is 2.82. The Bertz CT molecular complexity index is 393. The zero-order valence-electron chi connectivity index (χ0n) is 9.05. The predicted octanol–water partition coefficient (Wildman–Crippen LogP) is 2.71. The van der Waals surface area contributed by atoms with E-state index in [1.165, 1.54) is 26.4 Å². The van der Waals surface area contributed by atoms with Crippen LogP contribution in [0.1, 0.15) is 16.8 Å². The van der Waals surface area contributed by atoms with Crippen molar-refractivity contribution in [2.24, 2.45) is 0 Å². The summed E-state index contributed by atoms with van der Waals surface area (Å²) in [6, 6.07) is 2.82. The monoisotopic (exact) mass is 246 g/mol. The number of carbonyl (C=O) groups excluding carboxylic acids is 1. The van der Waals surface area contributed by atoms with Crippen LogP contribution in [0.4, 0.5) is 4.39 Å². The Morgan fingerprint density at radius 1 is 1.44 bits per heavy atom. The molecule has 0 fully saturated rings. The average Bonchev–Trinajstić information content (AvgIpc) is 2.29. The van der Waals surface area contributed by atoms with E-state index in [2.05, 4.69) is 0 Å². The van der Waals surface area contributed by atoms with Crippen LogP contribution < -0.4 is 4.74 Å². The molecule has 0 spiro atoms. The molecule has 0 aromatic heterocycles. The maximum absolute atomic E-state index is 13.5. The predicted molar refractivity (Wildman–Crippen MR) is 58.8 cm³/mol. The van der Waals surface area contributed by atoms with Gasteiger partial charge in [0.1, 0.15) is 0 Å². The van der Waals surface area contributed by atoms with Gasteiger partial charge in [0.15, 0.2) is 17.3 Å². The first kappa shape index (κ1) is 12.9. The third-order valence-electron chi connectivity index (χ3n) is 2.10. The van der Waals surface area contributed by atoms with Crippen LogP contribution >= 0.6 is 11.6 Å². The molecule has 1 rings (SSSR count). The van der Waals surface area contributed by atoms with Crippen molar-refractivity contribution < 1.29 is 18.7 Å². The van der Waals surface area contributed by atoms with Gasteiger partial charge < -0.3 is 9.47 Å². The Morgan fingerprint density at radius 2 is 2.12 bits per heavy atom. The first-order valence-electron chi connectivity index (χ1n) is 4.66. The molecule has 0 aliphatic rings. The molecule has 5 heteroatoms. The lowest BCUT2D eigenvalue weighted by molar-refractivity contribution is 0.0932. The van der Waals surface area contributed by atoms with E-state index in [0.717, 1.165) is 0 Å². The molecule has 0 N–H and O–H groups in total. The van der Waals surface area contributed by atoms with Gasteiger partial charge in [-0.1, -0.05) is 11.6 Å². The van der Waals surface area contributed by atoms with E-state index in [1.807, 2.05) is 0 Å². The molecule has 0 atom stereocenters. The molecule has 0 saturated heterocycles. The lowest BCUT2D eigenvalue weighted by atomic mass is 10.1. The van der Waals surface area contributed by atoms with Gasteiger partial charge in [-0.3, -0.25) is 4.79 Å². The standard InChI is InChI=1S/C11H12ClFO3/c1-15-6-5-8(14)7-3-4-9(16-2)11(13)10(7)12/h3-4H,5-6H2,1-2H3. The van der Waals surface area contributed by atoms with Crippen molar-refractivity contribution in [1.82, 2.24) is 0 Å². The van der Waals surface area contributed by atoms with E-state index in [9.17, 15) is 9.18 Å². The van der Waals surface area contributed by atoms with E-state index in [-0.39, 0.29) is 35.1 Å². The van der Waals surface area contributed by atoms with E-state index in [4.69, 9.17) is 21.1 Å². The lowest BCUT2D eigenvalue weighted by Crippen LogP contribution is -2.05. The zero-order chi connectivity index (χ0) is 12.1. The summed E-state index contributed by atoms with van der Waals surface area (Å²) in [6.07, 6.45) is 0.169. The highest BCUT2D eigenvalue weighted by atomic mass is 35.5. The Morgan fingerprint density at radius 3 is 2.69 bits per heavy atom. The quantitative estimate of drug-likeness (QED) is 0.750. The van der Waals surface area contributed by atoms with Gasteiger partial charge in [0.25, 0.3) is 0 Å². The molecule has 1 aromatic rings. The summed E-state index contributed by atoms with van der Waals surface area (Å²) in [5, 5.41) is -0.208. The van der Waals surface area contributed by atoms with Crippen LogP contribution in [0.5, 0.6) is 5.75 Å². The number of carbonyl (C=O) groups is 1. The van der Waals surface area contributed by atoms with E-state index < -0.39 is 5.82 Å². The molecule has 0 bridgehead atoms. The minimum absolute atomic E-state index is 0.0216. The van der Waals surface area contributed by atoms with Crippen LogP contribution in [-0.2, 0) is 4.74 Å². The minimum Gasteiger partial charge on any atom is -0.494 e. The van der Waals surface area contributed by atoms with Crippen LogP contribution in [0.3, 0.4) is 0 Å². The second-order valence-corrected chi connectivity index (χ2v) is 3.49. The van der Waals surface area contributed by atoms with E-state index in [1.54, 1.807) is 0 Å². The molecule has 0 aliphatic heterocycles. The van der Waals surface area contributed by atoms with Crippen molar-refractivity contribution in [3.8, 4) is 5.75 Å². The third-order valence-corrected chi connectivity index (χ3v) is 2.47. The van der Waals surface area contributed by atoms with Crippen molar-refractivity contribution in [2.45, 2.75) is 6.42 Å². The molecule has 16 heavy (non-hydrogen) atoms. The summed E-state index contributed by atoms with van der Waals surface area (Å²) in [6.45, 7) is 0.281. The number of ketones is 1. The van der Waals surface area contributed by atoms with Crippen LogP contribution in [0.25, 0.3) is 0 Å². The average molecular weight is 247 g/mol. The number of Topliss-reactive ketones (excluding diaryl/α,β-unsaturated/α-hetero) is 1. The van der Waals surface area contributed by atoms with E-state index in [0.29, 0.717) is 0 Å². The highest BCUT2D eigenvalue weighted by Crippen LogP contribution is 2.28. The molecule has 3 nitrogen and oxygen atoms in total. The number of benzene rings is 1. The van der Waals surface area contributed by atoms with Crippen LogP contribution in [-0.4, -0.2) is 26.6 Å². The SMILES string of the molecule is COCCC(=O)c1ccc(OC)c(F)c1Cl. The molecule has 0 radical (unpaired) electrons. The van der Waals surface area contributed by atoms with Gasteiger partial charge >= 0.3 is 0 Å². The fraction of sp³-hybridized carbons (Fsp3) is 0.364. The van der Waals surface area contributed by atoms with Gasteiger partial charge in [0.05, 0.1) is 18.7 Å². The molecule has 0 heterocycles. The normalized spacial score (nSPS) is 10.2. The zero-order valence-corrected chi connectivity index (χ0v) is 9.81. The lowest BCUT2D eigenvalue weighted by Gasteiger charge is -2.07. The minimum atomic E-state index is -0.715. The summed E-state index contributed by atoms with van der Waals surface area (Å²) in [5.41, 5.74) is 0.150. The first-order valence-corrected chi connectivity index (χ1v) is 5.03. The van der Waals surface area contributed by atoms with Crippen molar-refractivity contribution in [1.29, 1.82) is 0 Å². The number of hydrogen-bond acceptors (Lipinski definition) is 3. The second kappa shape index (κ2) is 5.82. The summed E-state index contributed by atoms with van der Waals surface area (Å²) in [4.78, 5) is 11.6. The van der Waals surface area contributed by atoms with Crippen molar-refractivity contribution in [3.05, 3.63) is 28.5 Å². The third kappa shape index (κ3) is 2.71. The van der Waals surface area contributed by atoms with Crippen LogP contribution in [0.15, 0.2) is 12.1 Å². The Kier molecular flexibility index (Phi) is 4.71. The van der Waals surface area contributed by atoms with Crippen LogP contribution in [0.2, 0.25) is 5.02 Å². The van der Waals surface area contributed by atoms with Gasteiger partial charge in [-0.05, 0) is 12.1 Å². The van der Waals surface area contributed by atoms with Crippen molar-refractivity contribution in [3.63, 3.8) is 0 Å².